The highest BCUT2D eigenvalue weighted by Gasteiger charge is 2.23. The van der Waals surface area contributed by atoms with Gasteiger partial charge < -0.3 is 14.9 Å². The Kier molecular flexibility index (Phi) is 4.29. The van der Waals surface area contributed by atoms with Gasteiger partial charge in [-0.25, -0.2) is 9.55 Å². The van der Waals surface area contributed by atoms with Crippen molar-refractivity contribution >= 4 is 28.4 Å². The van der Waals surface area contributed by atoms with Gasteiger partial charge >= 0.3 is 5.82 Å². The molecule has 1 unspecified atom stereocenters. The molecular weight excluding hydrogens is 339 g/mol. The molecule has 1 aromatic heterocycles. The predicted molar refractivity (Wildman–Crippen MR) is 69.1 cm³/mol. The summed E-state index contributed by atoms with van der Waals surface area (Å²) in [5.41, 5.74) is 0. The lowest BCUT2D eigenvalue weighted by molar-refractivity contribution is -0.392. The lowest BCUT2D eigenvalue weighted by Crippen LogP contribution is -2.42. The maximum atomic E-state index is 10.7. The Labute approximate surface area is 112 Å². The first kappa shape index (κ1) is 12.7. The standard InChI is InChI=1S/C9H13IN4O3/c10-8(12-1-3-17-4-2-12)6-13-7-11-5-9(13)14(15)16/h5,7-8H,1-4,6H2. The molecule has 1 saturated heterocycles. The molecule has 0 saturated carbocycles. The second-order valence-electron chi connectivity index (χ2n) is 3.74. The molecule has 2 heterocycles. The molecule has 17 heavy (non-hydrogen) atoms. The molecule has 0 amide bonds. The van der Waals surface area contributed by atoms with Crippen molar-refractivity contribution in [2.45, 2.75) is 10.6 Å². The van der Waals surface area contributed by atoms with Crippen molar-refractivity contribution in [3.05, 3.63) is 22.6 Å². The van der Waals surface area contributed by atoms with E-state index in [4.69, 9.17) is 4.74 Å². The molecule has 0 spiro atoms. The maximum Gasteiger partial charge on any atom is 0.342 e. The number of nitro groups is 1. The van der Waals surface area contributed by atoms with Crippen LogP contribution in [-0.4, -0.2) is 49.7 Å². The first-order valence-corrected chi connectivity index (χ1v) is 6.53. The van der Waals surface area contributed by atoms with E-state index in [1.54, 1.807) is 4.57 Å². The summed E-state index contributed by atoms with van der Waals surface area (Å²) in [5.74, 6) is 0.0416. The molecule has 1 fully saturated rings. The Bertz CT molecular complexity index is 391. The van der Waals surface area contributed by atoms with Crippen LogP contribution in [0.1, 0.15) is 0 Å². The van der Waals surface area contributed by atoms with E-state index in [1.807, 2.05) is 0 Å². The number of morpholine rings is 1. The van der Waals surface area contributed by atoms with Crippen molar-refractivity contribution in [3.8, 4) is 0 Å². The van der Waals surface area contributed by atoms with E-state index in [1.165, 1.54) is 12.5 Å². The van der Waals surface area contributed by atoms with Gasteiger partial charge in [-0.1, -0.05) is 22.6 Å². The number of hydrogen-bond acceptors (Lipinski definition) is 5. The highest BCUT2D eigenvalue weighted by molar-refractivity contribution is 14.1. The molecule has 0 bridgehead atoms. The highest BCUT2D eigenvalue weighted by atomic mass is 127. The normalized spacial score (nSPS) is 19.1. The smallest absolute Gasteiger partial charge is 0.342 e. The second kappa shape index (κ2) is 5.74. The van der Waals surface area contributed by atoms with Crippen molar-refractivity contribution in [3.63, 3.8) is 0 Å². The van der Waals surface area contributed by atoms with Gasteiger partial charge in [0, 0.05) is 13.1 Å². The summed E-state index contributed by atoms with van der Waals surface area (Å²) in [6.45, 7) is 3.76. The number of nitrogens with zero attached hydrogens (tertiary/aromatic N) is 4. The molecule has 94 valence electrons. The minimum atomic E-state index is -0.407. The number of halogens is 1. The van der Waals surface area contributed by atoms with Gasteiger partial charge in [-0.2, -0.15) is 0 Å². The molecule has 0 aliphatic carbocycles. The number of aromatic nitrogens is 2. The summed E-state index contributed by atoms with van der Waals surface area (Å²) in [5, 5.41) is 10.7. The van der Waals surface area contributed by atoms with Crippen LogP contribution in [0.4, 0.5) is 5.82 Å². The fourth-order valence-electron chi connectivity index (χ4n) is 1.74. The van der Waals surface area contributed by atoms with E-state index in [9.17, 15) is 10.1 Å². The van der Waals surface area contributed by atoms with Gasteiger partial charge in [0.05, 0.1) is 13.2 Å². The Hall–Kier alpha value is -0.740. The van der Waals surface area contributed by atoms with Crippen LogP contribution in [0.3, 0.4) is 0 Å². The van der Waals surface area contributed by atoms with Crippen LogP contribution in [0.25, 0.3) is 0 Å². The average Bonchev–Trinajstić information content (AvgIpc) is 2.78. The number of ether oxygens (including phenoxy) is 1. The SMILES string of the molecule is O=[N+]([O-])c1cncn1CC(I)N1CCOCC1. The van der Waals surface area contributed by atoms with Crippen molar-refractivity contribution in [1.29, 1.82) is 0 Å². The van der Waals surface area contributed by atoms with E-state index < -0.39 is 4.92 Å². The molecule has 0 aromatic carbocycles. The number of alkyl halides is 1. The molecule has 1 aromatic rings. The second-order valence-corrected chi connectivity index (χ2v) is 5.18. The van der Waals surface area contributed by atoms with Gasteiger partial charge in [0.15, 0.2) is 6.33 Å². The third kappa shape index (κ3) is 3.13. The van der Waals surface area contributed by atoms with Crippen LogP contribution < -0.4 is 0 Å². The number of rotatable bonds is 4. The third-order valence-electron chi connectivity index (χ3n) is 2.67. The Morgan fingerprint density at radius 2 is 2.29 bits per heavy atom. The van der Waals surface area contributed by atoms with Gasteiger partial charge in [-0.3, -0.25) is 4.90 Å². The van der Waals surface area contributed by atoms with Crippen LogP contribution >= 0.6 is 22.6 Å². The van der Waals surface area contributed by atoms with E-state index in [-0.39, 0.29) is 9.87 Å². The highest BCUT2D eigenvalue weighted by Crippen LogP contribution is 2.17. The summed E-state index contributed by atoms with van der Waals surface area (Å²) in [7, 11) is 0. The van der Waals surface area contributed by atoms with Crippen LogP contribution in [0.15, 0.2) is 12.5 Å². The van der Waals surface area contributed by atoms with Crippen LogP contribution in [0.2, 0.25) is 0 Å². The molecule has 0 N–H and O–H groups in total. The van der Waals surface area contributed by atoms with Crippen LogP contribution in [0, 0.1) is 10.1 Å². The fourth-order valence-corrected chi connectivity index (χ4v) is 2.72. The van der Waals surface area contributed by atoms with Gasteiger partial charge in [0.25, 0.3) is 0 Å². The summed E-state index contributed by atoms with van der Waals surface area (Å²) < 4.78 is 7.06. The zero-order valence-electron chi connectivity index (χ0n) is 9.16. The van der Waals surface area contributed by atoms with Gasteiger partial charge in [0.1, 0.15) is 16.8 Å². The Balaban J connectivity index is 1.99. The van der Waals surface area contributed by atoms with Crippen LogP contribution in [-0.2, 0) is 11.3 Å². The first-order chi connectivity index (χ1) is 8.18. The van der Waals surface area contributed by atoms with E-state index in [2.05, 4.69) is 32.5 Å². The first-order valence-electron chi connectivity index (χ1n) is 5.29. The summed E-state index contributed by atoms with van der Waals surface area (Å²) >= 11 is 2.30. The molecule has 1 aliphatic heterocycles. The summed E-state index contributed by atoms with van der Waals surface area (Å²) in [4.78, 5) is 16.4. The lowest BCUT2D eigenvalue weighted by atomic mass is 10.4. The molecule has 8 heteroatoms. The molecule has 1 aliphatic rings. The predicted octanol–water partition coefficient (Wildman–Crippen LogP) is 0.885. The van der Waals surface area contributed by atoms with Crippen LogP contribution in [0.5, 0.6) is 0 Å². The lowest BCUT2D eigenvalue weighted by Gasteiger charge is -2.30. The topological polar surface area (TPSA) is 73.4 Å². The van der Waals surface area contributed by atoms with E-state index in [0.29, 0.717) is 6.54 Å². The van der Waals surface area contributed by atoms with Crippen molar-refractivity contribution in [2.75, 3.05) is 26.3 Å². The van der Waals surface area contributed by atoms with Gasteiger partial charge in [-0.05, 0) is 4.92 Å². The average molecular weight is 352 g/mol. The van der Waals surface area contributed by atoms with Crippen molar-refractivity contribution in [2.24, 2.45) is 0 Å². The van der Waals surface area contributed by atoms with Crippen molar-refractivity contribution in [1.82, 2.24) is 14.5 Å². The van der Waals surface area contributed by atoms with E-state index in [0.717, 1.165) is 26.3 Å². The van der Waals surface area contributed by atoms with Gasteiger partial charge in [-0.15, -0.1) is 0 Å². The molecule has 7 nitrogen and oxygen atoms in total. The molecule has 1 atom stereocenters. The zero-order valence-corrected chi connectivity index (χ0v) is 11.3. The Morgan fingerprint density at radius 3 is 2.94 bits per heavy atom. The minimum absolute atomic E-state index is 0.0416. The number of imidazole rings is 1. The third-order valence-corrected chi connectivity index (χ3v) is 3.85. The number of hydrogen-bond donors (Lipinski definition) is 0. The summed E-state index contributed by atoms with van der Waals surface area (Å²) in [6, 6.07) is 0. The summed E-state index contributed by atoms with van der Waals surface area (Å²) in [6.07, 6.45) is 2.78. The fraction of sp³-hybridized carbons (Fsp3) is 0.667. The molecular formula is C9H13IN4O3. The zero-order chi connectivity index (χ0) is 12.3. The minimum Gasteiger partial charge on any atom is -0.379 e. The maximum absolute atomic E-state index is 10.7. The quantitative estimate of drug-likeness (QED) is 0.265. The molecule has 0 radical (unpaired) electrons. The van der Waals surface area contributed by atoms with Crippen molar-refractivity contribution < 1.29 is 9.66 Å². The largest absolute Gasteiger partial charge is 0.379 e. The molecule has 2 rings (SSSR count). The monoisotopic (exact) mass is 352 g/mol. The van der Waals surface area contributed by atoms with E-state index >= 15 is 0 Å². The van der Waals surface area contributed by atoms with Gasteiger partial charge in [0.2, 0.25) is 0 Å². The Morgan fingerprint density at radius 1 is 1.59 bits per heavy atom.